The fourth-order valence-corrected chi connectivity index (χ4v) is 1.39. The third-order valence-electron chi connectivity index (χ3n) is 2.41. The first-order chi connectivity index (χ1) is 7.17. The van der Waals surface area contributed by atoms with Crippen LogP contribution < -0.4 is 5.32 Å². The van der Waals surface area contributed by atoms with E-state index in [1.54, 1.807) is 13.8 Å². The molecule has 6 heteroatoms. The number of rotatable bonds is 5. The molecule has 0 spiro atoms. The van der Waals surface area contributed by atoms with Crippen molar-refractivity contribution in [3.63, 3.8) is 0 Å². The summed E-state index contributed by atoms with van der Waals surface area (Å²) in [4.78, 5) is 11.1. The molecule has 16 heavy (non-hydrogen) atoms. The van der Waals surface area contributed by atoms with Crippen LogP contribution in [0.15, 0.2) is 0 Å². The van der Waals surface area contributed by atoms with E-state index in [1.165, 1.54) is 14.0 Å². The zero-order valence-electron chi connectivity index (χ0n) is 9.89. The molecule has 1 N–H and O–H groups in total. The lowest BCUT2D eigenvalue weighted by atomic mass is 10.0. The Bertz CT molecular complexity index is 231. The first-order valence-corrected chi connectivity index (χ1v) is 5.08. The second kappa shape index (κ2) is 6.08. The summed E-state index contributed by atoms with van der Waals surface area (Å²) in [6, 6.07) is -1.08. The molecule has 0 bridgehead atoms. The molecule has 96 valence electrons. The van der Waals surface area contributed by atoms with E-state index in [2.05, 4.69) is 10.1 Å². The molecule has 0 heterocycles. The van der Waals surface area contributed by atoms with Gasteiger partial charge >= 0.3 is 12.1 Å². The van der Waals surface area contributed by atoms with Gasteiger partial charge in [0.2, 0.25) is 0 Å². The smallest absolute Gasteiger partial charge is 0.390 e. The second-order valence-electron chi connectivity index (χ2n) is 3.99. The van der Waals surface area contributed by atoms with Gasteiger partial charge in [0.25, 0.3) is 0 Å². The average Bonchev–Trinajstić information content (AvgIpc) is 2.12. The highest BCUT2D eigenvalue weighted by atomic mass is 19.4. The molecule has 0 aliphatic heterocycles. The number of esters is 1. The number of ether oxygens (including phenoxy) is 1. The van der Waals surface area contributed by atoms with Crippen LogP contribution in [-0.4, -0.2) is 31.3 Å². The fraction of sp³-hybridized carbons (Fsp3) is 0.900. The monoisotopic (exact) mass is 241 g/mol. The fourth-order valence-electron chi connectivity index (χ4n) is 1.39. The van der Waals surface area contributed by atoms with Gasteiger partial charge in [0.15, 0.2) is 0 Å². The highest BCUT2D eigenvalue weighted by molar-refractivity contribution is 5.72. The van der Waals surface area contributed by atoms with Crippen LogP contribution in [0.4, 0.5) is 13.2 Å². The van der Waals surface area contributed by atoms with Crippen molar-refractivity contribution in [1.82, 2.24) is 5.32 Å². The maximum absolute atomic E-state index is 12.1. The third kappa shape index (κ3) is 5.95. The van der Waals surface area contributed by atoms with Crippen LogP contribution in [0, 0.1) is 5.92 Å². The lowest BCUT2D eigenvalue weighted by Gasteiger charge is -2.24. The van der Waals surface area contributed by atoms with Crippen LogP contribution in [0.3, 0.4) is 0 Å². The minimum absolute atomic E-state index is 0.357. The molecule has 0 amide bonds. The topological polar surface area (TPSA) is 38.3 Å². The largest absolute Gasteiger partial charge is 0.469 e. The number of methoxy groups -OCH3 is 1. The van der Waals surface area contributed by atoms with Crippen molar-refractivity contribution >= 4 is 5.97 Å². The number of hydrogen-bond acceptors (Lipinski definition) is 3. The highest BCUT2D eigenvalue weighted by Gasteiger charge is 2.31. The molecule has 0 rings (SSSR count). The maximum Gasteiger partial charge on any atom is 0.390 e. The Labute approximate surface area is 93.3 Å². The summed E-state index contributed by atoms with van der Waals surface area (Å²) in [5.74, 6) is -0.903. The number of nitrogens with one attached hydrogen (secondary N) is 1. The molecular weight excluding hydrogens is 223 g/mol. The molecule has 0 fully saturated rings. The molecule has 3 atom stereocenters. The van der Waals surface area contributed by atoms with E-state index >= 15 is 0 Å². The Balaban J connectivity index is 4.13. The van der Waals surface area contributed by atoms with Gasteiger partial charge in [-0.05, 0) is 13.8 Å². The summed E-state index contributed by atoms with van der Waals surface area (Å²) in [7, 11) is 1.25. The van der Waals surface area contributed by atoms with Crippen molar-refractivity contribution in [2.24, 2.45) is 5.92 Å². The van der Waals surface area contributed by atoms with Gasteiger partial charge in [-0.1, -0.05) is 6.92 Å². The van der Waals surface area contributed by atoms with Gasteiger partial charge in [-0.15, -0.1) is 0 Å². The highest BCUT2D eigenvalue weighted by Crippen LogP contribution is 2.21. The second-order valence-corrected chi connectivity index (χ2v) is 3.99. The Morgan fingerprint density at radius 3 is 2.19 bits per heavy atom. The Morgan fingerprint density at radius 2 is 1.81 bits per heavy atom. The van der Waals surface area contributed by atoms with Crippen LogP contribution in [-0.2, 0) is 9.53 Å². The number of alkyl halides is 3. The molecule has 3 unspecified atom stereocenters. The third-order valence-corrected chi connectivity index (χ3v) is 2.41. The van der Waals surface area contributed by atoms with Crippen LogP contribution in [0.2, 0.25) is 0 Å². The lowest BCUT2D eigenvalue weighted by molar-refractivity contribution is -0.146. The van der Waals surface area contributed by atoms with E-state index < -0.39 is 30.5 Å². The van der Waals surface area contributed by atoms with E-state index in [0.29, 0.717) is 0 Å². The zero-order valence-corrected chi connectivity index (χ0v) is 9.89. The summed E-state index contributed by atoms with van der Waals surface area (Å²) in [5.41, 5.74) is 0. The summed E-state index contributed by atoms with van der Waals surface area (Å²) < 4.78 is 40.7. The molecule has 0 radical (unpaired) electrons. The van der Waals surface area contributed by atoms with Crippen molar-refractivity contribution in [2.45, 2.75) is 45.5 Å². The Hall–Kier alpha value is -0.780. The van der Waals surface area contributed by atoms with Crippen LogP contribution in [0.5, 0.6) is 0 Å². The van der Waals surface area contributed by atoms with Crippen molar-refractivity contribution in [2.75, 3.05) is 7.11 Å². The van der Waals surface area contributed by atoms with Gasteiger partial charge in [0.1, 0.15) is 0 Å². The number of hydrogen-bond donors (Lipinski definition) is 1. The normalized spacial score (nSPS) is 17.7. The van der Waals surface area contributed by atoms with Crippen molar-refractivity contribution in [1.29, 1.82) is 0 Å². The van der Waals surface area contributed by atoms with Gasteiger partial charge < -0.3 is 10.1 Å². The van der Waals surface area contributed by atoms with E-state index in [1.807, 2.05) is 0 Å². The summed E-state index contributed by atoms with van der Waals surface area (Å²) in [5, 5.41) is 2.73. The predicted octanol–water partition coefficient (Wildman–Crippen LogP) is 2.11. The SMILES string of the molecule is COC(=O)C(C)C(C)NC(C)CC(F)(F)F. The summed E-state index contributed by atoms with van der Waals surface area (Å²) >= 11 is 0. The minimum atomic E-state index is -4.19. The first kappa shape index (κ1) is 15.2. The molecule has 0 aliphatic carbocycles. The lowest BCUT2D eigenvalue weighted by Crippen LogP contribution is -2.43. The Morgan fingerprint density at radius 1 is 1.31 bits per heavy atom. The van der Waals surface area contributed by atoms with Crippen molar-refractivity contribution < 1.29 is 22.7 Å². The van der Waals surface area contributed by atoms with Gasteiger partial charge in [0, 0.05) is 12.1 Å². The standard InChI is InChI=1S/C10H18F3NO2/c1-6(5-10(11,12)13)14-8(3)7(2)9(15)16-4/h6-8,14H,5H2,1-4H3. The number of carbonyl (C=O) groups excluding carboxylic acids is 1. The minimum Gasteiger partial charge on any atom is -0.469 e. The molecule has 0 aromatic rings. The molecule has 0 saturated carbocycles. The summed E-state index contributed by atoms with van der Waals surface area (Å²) in [6.07, 6.45) is -5.11. The van der Waals surface area contributed by atoms with Crippen molar-refractivity contribution in [3.8, 4) is 0 Å². The quantitative estimate of drug-likeness (QED) is 0.749. The van der Waals surface area contributed by atoms with Gasteiger partial charge in [-0.3, -0.25) is 4.79 Å². The molecule has 3 nitrogen and oxygen atoms in total. The van der Waals surface area contributed by atoms with E-state index in [4.69, 9.17) is 0 Å². The molecule has 0 aromatic carbocycles. The first-order valence-electron chi connectivity index (χ1n) is 5.08. The summed E-state index contributed by atoms with van der Waals surface area (Å²) in [6.45, 7) is 4.71. The molecule has 0 aromatic heterocycles. The van der Waals surface area contributed by atoms with Gasteiger partial charge in [0.05, 0.1) is 19.4 Å². The molecular formula is C10H18F3NO2. The van der Waals surface area contributed by atoms with Gasteiger partial charge in [-0.25, -0.2) is 0 Å². The Kier molecular flexibility index (Phi) is 5.78. The van der Waals surface area contributed by atoms with Crippen molar-refractivity contribution in [3.05, 3.63) is 0 Å². The number of halogens is 3. The van der Waals surface area contributed by atoms with E-state index in [-0.39, 0.29) is 6.04 Å². The maximum atomic E-state index is 12.1. The predicted molar refractivity (Wildman–Crippen MR) is 53.9 cm³/mol. The van der Waals surface area contributed by atoms with Crippen LogP contribution in [0.1, 0.15) is 27.2 Å². The number of carbonyl (C=O) groups is 1. The van der Waals surface area contributed by atoms with E-state index in [9.17, 15) is 18.0 Å². The van der Waals surface area contributed by atoms with Gasteiger partial charge in [-0.2, -0.15) is 13.2 Å². The van der Waals surface area contributed by atoms with Crippen LogP contribution in [0.25, 0.3) is 0 Å². The molecule has 0 saturated heterocycles. The van der Waals surface area contributed by atoms with E-state index in [0.717, 1.165) is 0 Å². The average molecular weight is 241 g/mol. The zero-order chi connectivity index (χ0) is 12.9. The molecule has 0 aliphatic rings. The van der Waals surface area contributed by atoms with Crippen LogP contribution >= 0.6 is 0 Å².